The van der Waals surface area contributed by atoms with Crippen LogP contribution in [-0.2, 0) is 14.3 Å². The molecule has 3 amide bonds. The Kier molecular flexibility index (Phi) is 5.52. The molecule has 2 saturated heterocycles. The topological polar surface area (TPSA) is 121 Å². The SMILES string of the molecule is CC(C)(C)OC(=O)N1CCC(c2ccc3c(O)n(C4CCC(=O)NC4=O)c(O)c3c2)CC1. The fourth-order valence-electron chi connectivity index (χ4n) is 4.50. The molecule has 1 aromatic heterocycles. The molecule has 32 heavy (non-hydrogen) atoms. The highest BCUT2D eigenvalue weighted by molar-refractivity contribution is 6.01. The summed E-state index contributed by atoms with van der Waals surface area (Å²) >= 11 is 0. The number of nitrogens with zero attached hydrogens (tertiary/aromatic N) is 2. The van der Waals surface area contributed by atoms with Crippen molar-refractivity contribution in [3.05, 3.63) is 23.8 Å². The third-order valence-electron chi connectivity index (χ3n) is 6.12. The molecular weight excluding hydrogens is 414 g/mol. The molecule has 0 saturated carbocycles. The zero-order valence-corrected chi connectivity index (χ0v) is 18.6. The molecule has 3 N–H and O–H groups in total. The van der Waals surface area contributed by atoms with Crippen molar-refractivity contribution >= 4 is 28.7 Å². The van der Waals surface area contributed by atoms with Crippen LogP contribution in [0.2, 0.25) is 0 Å². The maximum atomic E-state index is 12.3. The lowest BCUT2D eigenvalue weighted by atomic mass is 9.89. The average molecular weight is 444 g/mol. The van der Waals surface area contributed by atoms with Crippen molar-refractivity contribution in [3.8, 4) is 11.8 Å². The molecule has 0 bridgehead atoms. The van der Waals surface area contributed by atoms with Crippen molar-refractivity contribution in [2.24, 2.45) is 0 Å². The molecule has 0 spiro atoms. The van der Waals surface area contributed by atoms with E-state index in [0.29, 0.717) is 23.9 Å². The summed E-state index contributed by atoms with van der Waals surface area (Å²) in [5.41, 5.74) is 0.464. The second-order valence-electron chi connectivity index (χ2n) is 9.53. The van der Waals surface area contributed by atoms with Gasteiger partial charge in [-0.1, -0.05) is 6.07 Å². The number of ether oxygens (including phenoxy) is 1. The molecule has 1 unspecified atom stereocenters. The predicted molar refractivity (Wildman–Crippen MR) is 116 cm³/mol. The Balaban J connectivity index is 1.54. The van der Waals surface area contributed by atoms with Gasteiger partial charge in [0.15, 0.2) is 0 Å². The third-order valence-corrected chi connectivity index (χ3v) is 6.12. The standard InChI is InChI=1S/C23H29N3O6/c1-23(2,3)32-22(31)25-10-8-13(9-11-25)14-4-5-15-16(12-14)21(30)26(20(15)29)17-6-7-18(27)24-19(17)28/h4-5,12-13,17,29-30H,6-11H2,1-3H3,(H,24,27,28). The molecule has 1 aromatic carbocycles. The first kappa shape index (κ1) is 22.0. The number of rotatable bonds is 2. The average Bonchev–Trinajstić information content (AvgIpc) is 2.97. The molecular formula is C23H29N3O6. The van der Waals surface area contributed by atoms with Crippen LogP contribution >= 0.6 is 0 Å². The molecule has 9 heteroatoms. The van der Waals surface area contributed by atoms with Gasteiger partial charge in [-0.25, -0.2) is 4.79 Å². The van der Waals surface area contributed by atoms with Crippen LogP contribution in [0, 0.1) is 0 Å². The molecule has 0 radical (unpaired) electrons. The van der Waals surface area contributed by atoms with Gasteiger partial charge in [-0.05, 0) is 63.6 Å². The van der Waals surface area contributed by atoms with E-state index in [-0.39, 0.29) is 42.5 Å². The highest BCUT2D eigenvalue weighted by Crippen LogP contribution is 2.42. The fraction of sp³-hybridized carbons (Fsp3) is 0.522. The van der Waals surface area contributed by atoms with Crippen LogP contribution in [-0.4, -0.2) is 56.3 Å². The van der Waals surface area contributed by atoms with Crippen LogP contribution in [0.4, 0.5) is 4.79 Å². The van der Waals surface area contributed by atoms with E-state index in [2.05, 4.69) is 5.32 Å². The molecule has 1 atom stereocenters. The first-order valence-corrected chi connectivity index (χ1v) is 10.9. The number of carbonyl (C=O) groups is 3. The van der Waals surface area contributed by atoms with Crippen molar-refractivity contribution < 1.29 is 29.3 Å². The molecule has 9 nitrogen and oxygen atoms in total. The Labute approximate surface area is 185 Å². The van der Waals surface area contributed by atoms with E-state index < -0.39 is 17.6 Å². The second kappa shape index (κ2) is 8.03. The van der Waals surface area contributed by atoms with E-state index >= 15 is 0 Å². The van der Waals surface area contributed by atoms with Gasteiger partial charge in [0.05, 0.1) is 0 Å². The lowest BCUT2D eigenvalue weighted by Gasteiger charge is -2.33. The number of piperidine rings is 2. The van der Waals surface area contributed by atoms with E-state index in [1.54, 1.807) is 11.0 Å². The van der Waals surface area contributed by atoms with E-state index in [4.69, 9.17) is 4.74 Å². The summed E-state index contributed by atoms with van der Waals surface area (Å²) in [5.74, 6) is -1.10. The summed E-state index contributed by atoms with van der Waals surface area (Å²) in [6, 6.07) is 4.63. The van der Waals surface area contributed by atoms with Crippen LogP contribution < -0.4 is 5.32 Å². The number of aromatic hydroxyl groups is 2. The normalized spacial score (nSPS) is 20.5. The summed E-state index contributed by atoms with van der Waals surface area (Å²) in [5, 5.41) is 24.7. The summed E-state index contributed by atoms with van der Waals surface area (Å²) in [7, 11) is 0. The Morgan fingerprint density at radius 2 is 1.72 bits per heavy atom. The number of nitrogens with one attached hydrogen (secondary N) is 1. The summed E-state index contributed by atoms with van der Waals surface area (Å²) in [6.45, 7) is 6.68. The maximum Gasteiger partial charge on any atom is 0.410 e. The molecule has 2 fully saturated rings. The van der Waals surface area contributed by atoms with Gasteiger partial charge < -0.3 is 19.8 Å². The van der Waals surface area contributed by atoms with E-state index in [0.717, 1.165) is 18.4 Å². The maximum absolute atomic E-state index is 12.3. The third kappa shape index (κ3) is 4.11. The van der Waals surface area contributed by atoms with Crippen molar-refractivity contribution in [2.75, 3.05) is 13.1 Å². The summed E-state index contributed by atoms with van der Waals surface area (Å²) in [6.07, 6.45) is 1.56. The van der Waals surface area contributed by atoms with Gasteiger partial charge in [0.25, 0.3) is 0 Å². The van der Waals surface area contributed by atoms with Crippen LogP contribution in [0.25, 0.3) is 10.8 Å². The van der Waals surface area contributed by atoms with E-state index in [1.807, 2.05) is 32.9 Å². The lowest BCUT2D eigenvalue weighted by Crippen LogP contribution is -2.41. The number of benzene rings is 1. The summed E-state index contributed by atoms with van der Waals surface area (Å²) < 4.78 is 6.65. The van der Waals surface area contributed by atoms with Gasteiger partial charge in [0.1, 0.15) is 11.6 Å². The number of carbonyl (C=O) groups excluding carboxylic acids is 3. The monoisotopic (exact) mass is 443 g/mol. The number of hydrogen-bond acceptors (Lipinski definition) is 6. The lowest BCUT2D eigenvalue weighted by molar-refractivity contribution is -0.135. The predicted octanol–water partition coefficient (Wildman–Crippen LogP) is 3.14. The number of likely N-dealkylation sites (tertiary alicyclic amines) is 1. The van der Waals surface area contributed by atoms with Crippen LogP contribution in [0.5, 0.6) is 11.8 Å². The Hall–Kier alpha value is -3.23. The number of fused-ring (bicyclic) bond motifs is 1. The van der Waals surface area contributed by atoms with Gasteiger partial charge in [-0.15, -0.1) is 0 Å². The minimum atomic E-state index is -0.847. The Bertz CT molecular complexity index is 1080. The van der Waals surface area contributed by atoms with Crippen LogP contribution in [0.1, 0.15) is 64.0 Å². The number of amides is 3. The molecule has 4 rings (SSSR count). The molecule has 2 aliphatic rings. The smallest absolute Gasteiger partial charge is 0.410 e. The largest absolute Gasteiger partial charge is 0.494 e. The molecule has 2 aliphatic heterocycles. The number of aromatic nitrogens is 1. The quantitative estimate of drug-likeness (QED) is 0.613. The highest BCUT2D eigenvalue weighted by atomic mass is 16.6. The Morgan fingerprint density at radius 3 is 2.34 bits per heavy atom. The van der Waals surface area contributed by atoms with Crippen molar-refractivity contribution in [3.63, 3.8) is 0 Å². The van der Waals surface area contributed by atoms with Crippen molar-refractivity contribution in [2.45, 2.75) is 64.0 Å². The molecule has 0 aliphatic carbocycles. The first-order chi connectivity index (χ1) is 15.0. The van der Waals surface area contributed by atoms with Crippen LogP contribution in [0.15, 0.2) is 18.2 Å². The molecule has 2 aromatic rings. The summed E-state index contributed by atoms with van der Waals surface area (Å²) in [4.78, 5) is 37.7. The highest BCUT2D eigenvalue weighted by Gasteiger charge is 2.33. The van der Waals surface area contributed by atoms with Crippen molar-refractivity contribution in [1.29, 1.82) is 0 Å². The zero-order chi connectivity index (χ0) is 23.2. The van der Waals surface area contributed by atoms with Gasteiger partial charge >= 0.3 is 6.09 Å². The fourth-order valence-corrected chi connectivity index (χ4v) is 4.50. The van der Waals surface area contributed by atoms with E-state index in [9.17, 15) is 24.6 Å². The second-order valence-corrected chi connectivity index (χ2v) is 9.53. The van der Waals surface area contributed by atoms with Gasteiger partial charge in [-0.3, -0.25) is 19.5 Å². The van der Waals surface area contributed by atoms with Crippen LogP contribution in [0.3, 0.4) is 0 Å². The number of hydrogen-bond donors (Lipinski definition) is 3. The zero-order valence-electron chi connectivity index (χ0n) is 18.6. The van der Waals surface area contributed by atoms with Gasteiger partial charge in [0.2, 0.25) is 23.6 Å². The first-order valence-electron chi connectivity index (χ1n) is 10.9. The minimum Gasteiger partial charge on any atom is -0.494 e. The van der Waals surface area contributed by atoms with Crippen molar-refractivity contribution in [1.82, 2.24) is 14.8 Å². The Morgan fingerprint density at radius 1 is 1.06 bits per heavy atom. The number of imide groups is 1. The molecule has 172 valence electrons. The molecule has 3 heterocycles. The minimum absolute atomic E-state index is 0.144. The van der Waals surface area contributed by atoms with Gasteiger partial charge in [0, 0.05) is 30.3 Å². The van der Waals surface area contributed by atoms with Gasteiger partial charge in [-0.2, -0.15) is 0 Å². The van der Waals surface area contributed by atoms with E-state index in [1.165, 1.54) is 4.57 Å².